The molecule has 0 atom stereocenters. The summed E-state index contributed by atoms with van der Waals surface area (Å²) in [4.78, 5) is 1.28. The van der Waals surface area contributed by atoms with Crippen LogP contribution in [-0.2, 0) is 0 Å². The molecular weight excluding hydrogens is 128 g/mol. The average Bonchev–Trinajstić information content (AvgIpc) is 2.58. The fraction of sp³-hybridized carbons (Fsp3) is 0.375. The van der Waals surface area contributed by atoms with E-state index in [0.717, 1.165) is 5.92 Å². The molecule has 0 aromatic carbocycles. The van der Waals surface area contributed by atoms with E-state index in [9.17, 15) is 0 Å². The molecule has 0 aliphatic heterocycles. The van der Waals surface area contributed by atoms with Crippen LogP contribution in [0, 0.1) is 6.92 Å². The standard InChI is InChI=1S/C8H9S/c1-6-8(4-5-9-6)7-2-3-7/h4-5,7H,1-3H2. The van der Waals surface area contributed by atoms with Gasteiger partial charge in [-0.05, 0) is 42.7 Å². The van der Waals surface area contributed by atoms with Crippen LogP contribution in [0.4, 0.5) is 0 Å². The summed E-state index contributed by atoms with van der Waals surface area (Å²) in [6, 6.07) is 2.21. The SMILES string of the molecule is [CH2]c1sccc1C1CC1. The predicted octanol–water partition coefficient (Wildman–Crippen LogP) is 2.81. The van der Waals surface area contributed by atoms with Crippen LogP contribution < -0.4 is 0 Å². The second kappa shape index (κ2) is 1.84. The minimum Gasteiger partial charge on any atom is -0.149 e. The molecule has 1 aliphatic carbocycles. The molecule has 1 aromatic rings. The lowest BCUT2D eigenvalue weighted by Crippen LogP contribution is -1.73. The maximum Gasteiger partial charge on any atom is 0.00836 e. The van der Waals surface area contributed by atoms with Gasteiger partial charge in [0.15, 0.2) is 0 Å². The van der Waals surface area contributed by atoms with Gasteiger partial charge in [0.1, 0.15) is 0 Å². The van der Waals surface area contributed by atoms with E-state index in [-0.39, 0.29) is 0 Å². The Morgan fingerprint density at radius 1 is 1.56 bits per heavy atom. The van der Waals surface area contributed by atoms with Crippen molar-refractivity contribution < 1.29 is 0 Å². The fourth-order valence-electron chi connectivity index (χ4n) is 1.11. The van der Waals surface area contributed by atoms with E-state index in [1.807, 2.05) is 0 Å². The Morgan fingerprint density at radius 3 is 2.78 bits per heavy atom. The van der Waals surface area contributed by atoms with Gasteiger partial charge in [0.05, 0.1) is 0 Å². The third-order valence-corrected chi connectivity index (χ3v) is 2.59. The predicted molar refractivity (Wildman–Crippen MR) is 40.8 cm³/mol. The molecule has 0 amide bonds. The van der Waals surface area contributed by atoms with E-state index < -0.39 is 0 Å². The smallest absolute Gasteiger partial charge is 0.00836 e. The molecule has 1 heteroatoms. The highest BCUT2D eigenvalue weighted by Gasteiger charge is 2.25. The Balaban J connectivity index is 2.35. The van der Waals surface area contributed by atoms with Crippen molar-refractivity contribution in [2.24, 2.45) is 0 Å². The quantitative estimate of drug-likeness (QED) is 0.558. The molecule has 0 bridgehead atoms. The van der Waals surface area contributed by atoms with Crippen molar-refractivity contribution in [3.8, 4) is 0 Å². The Labute approximate surface area is 59.5 Å². The largest absolute Gasteiger partial charge is 0.149 e. The first-order valence-corrected chi connectivity index (χ1v) is 4.15. The first kappa shape index (κ1) is 5.48. The van der Waals surface area contributed by atoms with Crippen LogP contribution in [0.25, 0.3) is 0 Å². The van der Waals surface area contributed by atoms with Gasteiger partial charge in [-0.3, -0.25) is 0 Å². The van der Waals surface area contributed by atoms with E-state index in [2.05, 4.69) is 18.4 Å². The monoisotopic (exact) mass is 137 g/mol. The molecule has 2 rings (SSSR count). The Bertz CT molecular complexity index is 208. The lowest BCUT2D eigenvalue weighted by Gasteiger charge is -1.90. The maximum absolute atomic E-state index is 3.96. The third-order valence-electron chi connectivity index (χ3n) is 1.80. The van der Waals surface area contributed by atoms with Crippen LogP contribution in [0.3, 0.4) is 0 Å². The van der Waals surface area contributed by atoms with E-state index >= 15 is 0 Å². The van der Waals surface area contributed by atoms with Gasteiger partial charge in [-0.15, -0.1) is 11.3 Å². The van der Waals surface area contributed by atoms with Gasteiger partial charge in [-0.25, -0.2) is 0 Å². The van der Waals surface area contributed by atoms with Crippen LogP contribution in [0.1, 0.15) is 29.2 Å². The van der Waals surface area contributed by atoms with Gasteiger partial charge in [0.2, 0.25) is 0 Å². The second-order valence-corrected chi connectivity index (χ2v) is 3.57. The summed E-state index contributed by atoms with van der Waals surface area (Å²) in [6.45, 7) is 3.96. The van der Waals surface area contributed by atoms with Crippen molar-refractivity contribution in [3.05, 3.63) is 28.8 Å². The molecule has 1 aliphatic rings. The van der Waals surface area contributed by atoms with Crippen LogP contribution in [0.15, 0.2) is 11.4 Å². The minimum atomic E-state index is 0.878. The van der Waals surface area contributed by atoms with Gasteiger partial charge in [0.25, 0.3) is 0 Å². The summed E-state index contributed by atoms with van der Waals surface area (Å²) in [5.74, 6) is 0.878. The Morgan fingerprint density at radius 2 is 2.33 bits per heavy atom. The van der Waals surface area contributed by atoms with Crippen molar-refractivity contribution in [2.75, 3.05) is 0 Å². The molecular formula is C8H9S. The number of thiophene rings is 1. The van der Waals surface area contributed by atoms with E-state index in [0.29, 0.717) is 0 Å². The molecule has 9 heavy (non-hydrogen) atoms. The van der Waals surface area contributed by atoms with Gasteiger partial charge >= 0.3 is 0 Å². The molecule has 1 radical (unpaired) electrons. The zero-order valence-electron chi connectivity index (χ0n) is 5.26. The Hall–Kier alpha value is -0.300. The first-order chi connectivity index (χ1) is 4.38. The van der Waals surface area contributed by atoms with Gasteiger partial charge in [0, 0.05) is 4.88 Å². The van der Waals surface area contributed by atoms with E-state index in [4.69, 9.17) is 0 Å². The highest BCUT2D eigenvalue weighted by Crippen LogP contribution is 2.42. The number of hydrogen-bond acceptors (Lipinski definition) is 1. The lowest BCUT2D eigenvalue weighted by atomic mass is 10.2. The zero-order valence-corrected chi connectivity index (χ0v) is 6.08. The van der Waals surface area contributed by atoms with Crippen molar-refractivity contribution >= 4 is 11.3 Å². The van der Waals surface area contributed by atoms with E-state index in [1.165, 1.54) is 23.3 Å². The van der Waals surface area contributed by atoms with Gasteiger partial charge < -0.3 is 0 Å². The van der Waals surface area contributed by atoms with Crippen LogP contribution in [0.5, 0.6) is 0 Å². The van der Waals surface area contributed by atoms with E-state index in [1.54, 1.807) is 11.3 Å². The van der Waals surface area contributed by atoms with Crippen molar-refractivity contribution in [2.45, 2.75) is 18.8 Å². The third kappa shape index (κ3) is 0.897. The maximum atomic E-state index is 3.96. The highest BCUT2D eigenvalue weighted by atomic mass is 32.1. The molecule has 1 saturated carbocycles. The number of hydrogen-bond donors (Lipinski definition) is 0. The summed E-state index contributed by atoms with van der Waals surface area (Å²) < 4.78 is 0. The van der Waals surface area contributed by atoms with Crippen LogP contribution >= 0.6 is 11.3 Å². The molecule has 0 saturated heterocycles. The lowest BCUT2D eigenvalue weighted by molar-refractivity contribution is 1.14. The van der Waals surface area contributed by atoms with Crippen molar-refractivity contribution in [1.82, 2.24) is 0 Å². The summed E-state index contributed by atoms with van der Waals surface area (Å²) in [7, 11) is 0. The Kier molecular flexibility index (Phi) is 1.12. The summed E-state index contributed by atoms with van der Waals surface area (Å²) in [6.07, 6.45) is 2.78. The minimum absolute atomic E-state index is 0.878. The molecule has 0 N–H and O–H groups in total. The van der Waals surface area contributed by atoms with Crippen molar-refractivity contribution in [3.63, 3.8) is 0 Å². The highest BCUT2D eigenvalue weighted by molar-refractivity contribution is 7.10. The zero-order chi connectivity index (χ0) is 6.27. The molecule has 1 aromatic heterocycles. The fourth-order valence-corrected chi connectivity index (χ4v) is 1.86. The molecule has 47 valence electrons. The van der Waals surface area contributed by atoms with Crippen molar-refractivity contribution in [1.29, 1.82) is 0 Å². The molecule has 0 spiro atoms. The summed E-state index contributed by atoms with van der Waals surface area (Å²) >= 11 is 1.76. The van der Waals surface area contributed by atoms with Gasteiger partial charge in [-0.2, -0.15) is 0 Å². The van der Waals surface area contributed by atoms with Crippen LogP contribution in [-0.4, -0.2) is 0 Å². The first-order valence-electron chi connectivity index (χ1n) is 3.27. The number of rotatable bonds is 1. The summed E-state index contributed by atoms with van der Waals surface area (Å²) in [5.41, 5.74) is 1.50. The second-order valence-electron chi connectivity index (χ2n) is 2.57. The topological polar surface area (TPSA) is 0 Å². The summed E-state index contributed by atoms with van der Waals surface area (Å²) in [5, 5.41) is 2.13. The average molecular weight is 137 g/mol. The molecule has 1 heterocycles. The van der Waals surface area contributed by atoms with Gasteiger partial charge in [-0.1, -0.05) is 0 Å². The molecule has 1 fully saturated rings. The molecule has 0 nitrogen and oxygen atoms in total. The molecule has 0 unspecified atom stereocenters. The van der Waals surface area contributed by atoms with Crippen LogP contribution in [0.2, 0.25) is 0 Å². The normalized spacial score (nSPS) is 18.3.